The Balaban J connectivity index is 0.00000385. The van der Waals surface area contributed by atoms with Crippen molar-refractivity contribution in [2.75, 3.05) is 33.2 Å². The van der Waals surface area contributed by atoms with Crippen molar-refractivity contribution in [2.45, 2.75) is 11.1 Å². The number of rotatable bonds is 8. The minimum atomic E-state index is -4.58. The predicted octanol–water partition coefficient (Wildman–Crippen LogP) is 3.66. The molecule has 180 valence electrons. The number of anilines is 2. The van der Waals surface area contributed by atoms with Crippen molar-refractivity contribution in [3.8, 4) is 17.2 Å². The molecule has 2 aromatic carbocycles. The molecule has 3 rings (SSSR count). The summed E-state index contributed by atoms with van der Waals surface area (Å²) < 4.78 is 80.0. The number of aromatic nitrogens is 2. The fourth-order valence-electron chi connectivity index (χ4n) is 2.79. The van der Waals surface area contributed by atoms with E-state index in [1.807, 2.05) is 0 Å². The Hall–Kier alpha value is -3.03. The Kier molecular flexibility index (Phi) is 8.16. The molecule has 14 heteroatoms. The molecule has 0 radical (unpaired) electrons. The molecular weight excluding hydrogens is 489 g/mol. The second kappa shape index (κ2) is 10.3. The molecule has 0 saturated heterocycles. The van der Waals surface area contributed by atoms with Gasteiger partial charge in [0.25, 0.3) is 0 Å². The van der Waals surface area contributed by atoms with Crippen molar-refractivity contribution >= 4 is 44.8 Å². The number of hydrogen-bond donors (Lipinski definition) is 2. The standard InChI is InChI=1S/C19H19F3N4O5S.ClH/c1-23-32(27,28)11-4-5-15(31-9-19(20,21)22)14(6-11)26-18-12-7-16(29-2)17(30-3)8-13(12)24-10-25-18;/h4-8,10,23H,9H2,1-3H3,(H,24,25,26);1H. The number of methoxy groups -OCH3 is 2. The molecule has 0 bridgehead atoms. The van der Waals surface area contributed by atoms with Crippen molar-refractivity contribution in [3.63, 3.8) is 0 Å². The molecule has 0 fully saturated rings. The summed E-state index contributed by atoms with van der Waals surface area (Å²) >= 11 is 0. The van der Waals surface area contributed by atoms with Gasteiger partial charge in [0.1, 0.15) is 17.9 Å². The summed E-state index contributed by atoms with van der Waals surface area (Å²) in [6, 6.07) is 6.59. The first kappa shape index (κ1) is 26.2. The molecule has 3 aromatic rings. The average Bonchev–Trinajstić information content (AvgIpc) is 2.76. The molecule has 1 heterocycles. The van der Waals surface area contributed by atoms with Crippen LogP contribution in [0.2, 0.25) is 0 Å². The van der Waals surface area contributed by atoms with Crippen LogP contribution in [-0.4, -0.2) is 52.4 Å². The third-order valence-corrected chi connectivity index (χ3v) is 5.73. The number of fused-ring (bicyclic) bond motifs is 1. The van der Waals surface area contributed by atoms with Gasteiger partial charge in [-0.2, -0.15) is 13.2 Å². The molecule has 9 nitrogen and oxygen atoms in total. The summed E-state index contributed by atoms with van der Waals surface area (Å²) in [7, 11) is 0.245. The zero-order valence-electron chi connectivity index (χ0n) is 17.6. The van der Waals surface area contributed by atoms with Crippen LogP contribution in [-0.2, 0) is 10.0 Å². The first-order valence-corrected chi connectivity index (χ1v) is 10.5. The monoisotopic (exact) mass is 508 g/mol. The van der Waals surface area contributed by atoms with Crippen molar-refractivity contribution in [1.82, 2.24) is 14.7 Å². The molecule has 0 aliphatic rings. The maximum Gasteiger partial charge on any atom is 0.422 e. The number of benzene rings is 2. The van der Waals surface area contributed by atoms with Gasteiger partial charge in [0.15, 0.2) is 18.1 Å². The molecule has 0 amide bonds. The molecular formula is C19H20ClF3N4O5S. The van der Waals surface area contributed by atoms with Gasteiger partial charge in [-0.05, 0) is 31.3 Å². The number of nitrogens with one attached hydrogen (secondary N) is 2. The third-order valence-electron chi connectivity index (χ3n) is 4.32. The maximum atomic E-state index is 12.7. The number of alkyl halides is 3. The largest absolute Gasteiger partial charge is 0.493 e. The Morgan fingerprint density at radius 2 is 1.67 bits per heavy atom. The molecule has 33 heavy (non-hydrogen) atoms. The van der Waals surface area contributed by atoms with Crippen LogP contribution in [0.4, 0.5) is 24.7 Å². The van der Waals surface area contributed by atoms with Crippen LogP contribution in [0.1, 0.15) is 0 Å². The van der Waals surface area contributed by atoms with Gasteiger partial charge >= 0.3 is 6.18 Å². The van der Waals surface area contributed by atoms with Gasteiger partial charge in [-0.1, -0.05) is 0 Å². The normalized spacial score (nSPS) is 11.6. The number of hydrogen-bond acceptors (Lipinski definition) is 8. The van der Waals surface area contributed by atoms with Crippen molar-refractivity contribution < 1.29 is 35.8 Å². The van der Waals surface area contributed by atoms with Gasteiger partial charge in [0, 0.05) is 11.5 Å². The van der Waals surface area contributed by atoms with Crippen LogP contribution in [0.3, 0.4) is 0 Å². The highest BCUT2D eigenvalue weighted by Gasteiger charge is 2.29. The highest BCUT2D eigenvalue weighted by atomic mass is 35.5. The van der Waals surface area contributed by atoms with Crippen LogP contribution in [0.15, 0.2) is 41.6 Å². The molecule has 2 N–H and O–H groups in total. The Morgan fingerprint density at radius 3 is 2.27 bits per heavy atom. The maximum absolute atomic E-state index is 12.7. The van der Waals surface area contributed by atoms with Gasteiger partial charge in [-0.15, -0.1) is 12.4 Å². The van der Waals surface area contributed by atoms with E-state index in [9.17, 15) is 21.6 Å². The number of halogens is 4. The molecule has 0 atom stereocenters. The SMILES string of the molecule is CNS(=O)(=O)c1ccc(OCC(F)(F)F)c(Nc2ncnc3cc(OC)c(OC)cc23)c1.Cl. The molecule has 0 spiro atoms. The lowest BCUT2D eigenvalue weighted by molar-refractivity contribution is -0.153. The number of ether oxygens (including phenoxy) is 3. The Labute approximate surface area is 193 Å². The van der Waals surface area contributed by atoms with Gasteiger partial charge in [0.2, 0.25) is 10.0 Å². The highest BCUT2D eigenvalue weighted by molar-refractivity contribution is 7.89. The minimum Gasteiger partial charge on any atom is -0.493 e. The van der Waals surface area contributed by atoms with E-state index in [0.717, 1.165) is 18.2 Å². The van der Waals surface area contributed by atoms with Crippen molar-refractivity contribution in [1.29, 1.82) is 0 Å². The van der Waals surface area contributed by atoms with E-state index >= 15 is 0 Å². The van der Waals surface area contributed by atoms with E-state index in [0.29, 0.717) is 22.4 Å². The summed E-state index contributed by atoms with van der Waals surface area (Å²) in [5.74, 6) is 0.760. The summed E-state index contributed by atoms with van der Waals surface area (Å²) in [6.07, 6.45) is -3.35. The van der Waals surface area contributed by atoms with Gasteiger partial charge in [-0.25, -0.2) is 23.1 Å². The lowest BCUT2D eigenvalue weighted by Crippen LogP contribution is -2.20. The first-order chi connectivity index (χ1) is 15.1. The minimum absolute atomic E-state index is 0. The highest BCUT2D eigenvalue weighted by Crippen LogP contribution is 2.37. The fourth-order valence-corrected chi connectivity index (χ4v) is 3.54. The smallest absolute Gasteiger partial charge is 0.422 e. The quantitative estimate of drug-likeness (QED) is 0.474. The molecule has 0 saturated carbocycles. The zero-order chi connectivity index (χ0) is 23.5. The number of sulfonamides is 1. The fraction of sp³-hybridized carbons (Fsp3) is 0.263. The first-order valence-electron chi connectivity index (χ1n) is 8.99. The molecule has 0 aliphatic heterocycles. The summed E-state index contributed by atoms with van der Waals surface area (Å²) in [6.45, 7) is -1.56. The van der Waals surface area contributed by atoms with E-state index in [4.69, 9.17) is 14.2 Å². The van der Waals surface area contributed by atoms with E-state index in [1.54, 1.807) is 12.1 Å². The second-order valence-corrected chi connectivity index (χ2v) is 8.23. The Bertz CT molecular complexity index is 1240. The summed E-state index contributed by atoms with van der Waals surface area (Å²) in [4.78, 5) is 8.11. The van der Waals surface area contributed by atoms with Gasteiger partial charge in [-0.3, -0.25) is 0 Å². The molecule has 0 aliphatic carbocycles. The topological polar surface area (TPSA) is 112 Å². The lowest BCUT2D eigenvalue weighted by Gasteiger charge is -2.17. The third kappa shape index (κ3) is 6.06. The van der Waals surface area contributed by atoms with E-state index in [1.165, 1.54) is 27.6 Å². The summed E-state index contributed by atoms with van der Waals surface area (Å²) in [5.41, 5.74) is 0.414. The molecule has 1 aromatic heterocycles. The van der Waals surface area contributed by atoms with Gasteiger partial charge < -0.3 is 19.5 Å². The lowest BCUT2D eigenvalue weighted by atomic mass is 10.2. The van der Waals surface area contributed by atoms with E-state index in [2.05, 4.69) is 20.0 Å². The van der Waals surface area contributed by atoms with Crippen LogP contribution >= 0.6 is 12.4 Å². The van der Waals surface area contributed by atoms with Crippen LogP contribution < -0.4 is 24.2 Å². The molecule has 0 unspecified atom stereocenters. The van der Waals surface area contributed by atoms with E-state index in [-0.39, 0.29) is 34.6 Å². The predicted molar refractivity (Wildman–Crippen MR) is 117 cm³/mol. The van der Waals surface area contributed by atoms with Crippen molar-refractivity contribution in [3.05, 3.63) is 36.7 Å². The Morgan fingerprint density at radius 1 is 1.00 bits per heavy atom. The van der Waals surface area contributed by atoms with E-state index < -0.39 is 22.8 Å². The zero-order valence-corrected chi connectivity index (χ0v) is 19.2. The average molecular weight is 509 g/mol. The second-order valence-electron chi connectivity index (χ2n) is 6.34. The summed E-state index contributed by atoms with van der Waals surface area (Å²) in [5, 5.41) is 3.30. The van der Waals surface area contributed by atoms with Gasteiger partial charge in [0.05, 0.1) is 30.3 Å². The van der Waals surface area contributed by atoms with Crippen molar-refractivity contribution in [2.24, 2.45) is 0 Å². The van der Waals surface area contributed by atoms with Crippen LogP contribution in [0.5, 0.6) is 17.2 Å². The number of nitrogens with zero attached hydrogens (tertiary/aromatic N) is 2. The van der Waals surface area contributed by atoms with Crippen LogP contribution in [0, 0.1) is 0 Å². The van der Waals surface area contributed by atoms with Crippen LogP contribution in [0.25, 0.3) is 10.9 Å².